The van der Waals surface area contributed by atoms with Crippen LogP contribution in [0.1, 0.15) is 296 Å². The van der Waals surface area contributed by atoms with Crippen molar-refractivity contribution in [3.8, 4) is 0 Å². The van der Waals surface area contributed by atoms with Crippen LogP contribution in [0.3, 0.4) is 0 Å². The van der Waals surface area contributed by atoms with Crippen LogP contribution < -0.4 is 5.32 Å². The van der Waals surface area contributed by atoms with Gasteiger partial charge in [-0.1, -0.05) is 257 Å². The first-order valence-electron chi connectivity index (χ1n) is 28.2. The number of phosphoric acid groups is 1. The van der Waals surface area contributed by atoms with Gasteiger partial charge in [0.2, 0.25) is 5.91 Å². The van der Waals surface area contributed by atoms with Crippen molar-refractivity contribution in [2.24, 2.45) is 0 Å². The summed E-state index contributed by atoms with van der Waals surface area (Å²) in [5, 5.41) is 12.8. The van der Waals surface area contributed by atoms with E-state index in [1.54, 1.807) is 0 Å². The number of rotatable bonds is 54. The lowest BCUT2D eigenvalue weighted by molar-refractivity contribution is -0.147. The predicted molar refractivity (Wildman–Crippen MR) is 275 cm³/mol. The third-order valence-corrected chi connectivity index (χ3v) is 13.7. The zero-order valence-electron chi connectivity index (χ0n) is 43.0. The highest BCUT2D eigenvalue weighted by molar-refractivity contribution is 7.47. The molecule has 0 saturated carbocycles. The molecular weight excluding hydrogens is 834 g/mol. The van der Waals surface area contributed by atoms with E-state index in [0.29, 0.717) is 12.8 Å². The van der Waals surface area contributed by atoms with Gasteiger partial charge in [-0.3, -0.25) is 18.6 Å². The van der Waals surface area contributed by atoms with Crippen LogP contribution in [0.15, 0.2) is 12.2 Å². The van der Waals surface area contributed by atoms with Crippen molar-refractivity contribution < 1.29 is 37.9 Å². The number of phosphoric ester groups is 1. The maximum Gasteiger partial charge on any atom is 0.472 e. The smallest absolute Gasteiger partial charge is 0.463 e. The Hall–Kier alpha value is -1.25. The standard InChI is InChI=1S/C55H108NO8P/c1-3-5-7-9-11-13-15-17-19-21-23-25-26-28-29-31-33-35-37-39-41-43-45-47-54(58)56-49-50-63-65(60,61)64-52-53(57)51-62-55(59)48-46-44-42-40-38-36-34-32-30-27-24-22-20-18-16-14-12-10-8-6-4-2/h17,19,53,57H,3-16,18,20-52H2,1-2H3,(H,56,58)(H,60,61)/b19-17+. The van der Waals surface area contributed by atoms with Crippen molar-refractivity contribution in [3.63, 3.8) is 0 Å². The Morgan fingerprint density at radius 1 is 0.462 bits per heavy atom. The summed E-state index contributed by atoms with van der Waals surface area (Å²) in [7, 11) is -4.42. The normalized spacial score (nSPS) is 13.1. The van der Waals surface area contributed by atoms with E-state index in [0.717, 1.165) is 38.5 Å². The molecular formula is C55H108NO8P. The Balaban J connectivity index is 3.49. The molecule has 0 aromatic carbocycles. The molecule has 0 rings (SSSR count). The molecule has 0 heterocycles. The Morgan fingerprint density at radius 2 is 0.785 bits per heavy atom. The number of ether oxygens (including phenoxy) is 1. The number of carbonyl (C=O) groups excluding carboxylic acids is 2. The summed E-state index contributed by atoms with van der Waals surface area (Å²) < 4.78 is 27.1. The highest BCUT2D eigenvalue weighted by Gasteiger charge is 2.23. The minimum atomic E-state index is -4.42. The SMILES string of the molecule is CCCCCCCC/C=C/CCCCCCCCCCCCCCCC(=O)NCCOP(=O)(O)OCC(O)COC(=O)CCCCCCCCCCCCCCCCCCCCCCC. The van der Waals surface area contributed by atoms with E-state index in [4.69, 9.17) is 13.8 Å². The van der Waals surface area contributed by atoms with Gasteiger partial charge in [0.1, 0.15) is 12.7 Å². The molecule has 9 nitrogen and oxygen atoms in total. The molecule has 0 saturated heterocycles. The minimum Gasteiger partial charge on any atom is -0.463 e. The number of amides is 1. The van der Waals surface area contributed by atoms with Crippen molar-refractivity contribution in [1.82, 2.24) is 5.32 Å². The fourth-order valence-electron chi connectivity index (χ4n) is 8.44. The lowest BCUT2D eigenvalue weighted by atomic mass is 10.0. The molecule has 0 spiro atoms. The van der Waals surface area contributed by atoms with E-state index >= 15 is 0 Å². The van der Waals surface area contributed by atoms with Crippen LogP contribution in [0.25, 0.3) is 0 Å². The summed E-state index contributed by atoms with van der Waals surface area (Å²) in [6.07, 6.45) is 58.8. The fourth-order valence-corrected chi connectivity index (χ4v) is 9.20. The van der Waals surface area contributed by atoms with Crippen LogP contribution >= 0.6 is 7.82 Å². The Kier molecular flexibility index (Phi) is 51.1. The molecule has 0 aromatic rings. The average molecular weight is 942 g/mol. The van der Waals surface area contributed by atoms with Crippen LogP contribution in [0.4, 0.5) is 0 Å². The molecule has 0 aromatic heterocycles. The zero-order valence-corrected chi connectivity index (χ0v) is 43.9. The molecule has 1 amide bonds. The second-order valence-electron chi connectivity index (χ2n) is 19.3. The number of nitrogens with one attached hydrogen (secondary N) is 1. The van der Waals surface area contributed by atoms with Crippen molar-refractivity contribution in [2.45, 2.75) is 302 Å². The summed E-state index contributed by atoms with van der Waals surface area (Å²) >= 11 is 0. The number of aliphatic hydroxyl groups excluding tert-OH is 1. The molecule has 2 unspecified atom stereocenters. The monoisotopic (exact) mass is 942 g/mol. The van der Waals surface area contributed by atoms with Gasteiger partial charge in [-0.25, -0.2) is 4.57 Å². The third kappa shape index (κ3) is 53.6. The largest absolute Gasteiger partial charge is 0.472 e. The molecule has 0 aliphatic heterocycles. The van der Waals surface area contributed by atoms with Gasteiger partial charge in [-0.2, -0.15) is 0 Å². The van der Waals surface area contributed by atoms with E-state index in [1.165, 1.54) is 231 Å². The maximum absolute atomic E-state index is 12.2. The quantitative estimate of drug-likeness (QED) is 0.0238. The third-order valence-electron chi connectivity index (χ3n) is 12.7. The molecule has 0 radical (unpaired) electrons. The molecule has 0 aliphatic carbocycles. The van der Waals surface area contributed by atoms with Gasteiger partial charge in [0, 0.05) is 19.4 Å². The zero-order chi connectivity index (χ0) is 47.4. The van der Waals surface area contributed by atoms with E-state index in [2.05, 4.69) is 31.3 Å². The van der Waals surface area contributed by atoms with Crippen LogP contribution in [0.5, 0.6) is 0 Å². The van der Waals surface area contributed by atoms with Crippen molar-refractivity contribution in [2.75, 3.05) is 26.4 Å². The maximum atomic E-state index is 12.2. The van der Waals surface area contributed by atoms with E-state index in [1.807, 2.05) is 0 Å². The first-order chi connectivity index (χ1) is 31.8. The lowest BCUT2D eigenvalue weighted by Gasteiger charge is -2.15. The van der Waals surface area contributed by atoms with Crippen LogP contribution in [0, 0.1) is 0 Å². The number of esters is 1. The minimum absolute atomic E-state index is 0.0865. The topological polar surface area (TPSA) is 131 Å². The fraction of sp³-hybridized carbons (Fsp3) is 0.927. The van der Waals surface area contributed by atoms with Crippen molar-refractivity contribution >= 4 is 19.7 Å². The second kappa shape index (κ2) is 52.1. The Labute approximate surface area is 402 Å². The molecule has 65 heavy (non-hydrogen) atoms. The molecule has 386 valence electrons. The van der Waals surface area contributed by atoms with Crippen LogP contribution in [-0.4, -0.2) is 54.3 Å². The first kappa shape index (κ1) is 63.8. The lowest BCUT2D eigenvalue weighted by Crippen LogP contribution is -2.27. The molecule has 2 atom stereocenters. The highest BCUT2D eigenvalue weighted by atomic mass is 31.2. The summed E-state index contributed by atoms with van der Waals surface area (Å²) in [6, 6.07) is 0. The number of carbonyl (C=O) groups is 2. The molecule has 0 fully saturated rings. The van der Waals surface area contributed by atoms with Gasteiger partial charge in [-0.15, -0.1) is 0 Å². The van der Waals surface area contributed by atoms with Gasteiger partial charge in [-0.05, 0) is 38.5 Å². The summed E-state index contributed by atoms with van der Waals surface area (Å²) in [6.45, 7) is 3.62. The number of hydrogen-bond acceptors (Lipinski definition) is 7. The van der Waals surface area contributed by atoms with Gasteiger partial charge in [0.25, 0.3) is 0 Å². The summed E-state index contributed by atoms with van der Waals surface area (Å²) in [5.74, 6) is -0.499. The Bertz CT molecular complexity index is 1070. The van der Waals surface area contributed by atoms with Crippen molar-refractivity contribution in [1.29, 1.82) is 0 Å². The molecule has 3 N–H and O–H groups in total. The van der Waals surface area contributed by atoms with Gasteiger partial charge in [0.05, 0.1) is 13.2 Å². The van der Waals surface area contributed by atoms with E-state index in [-0.39, 0.29) is 25.7 Å². The molecule has 0 aliphatic rings. The Morgan fingerprint density at radius 3 is 1.15 bits per heavy atom. The second-order valence-corrected chi connectivity index (χ2v) is 20.7. The van der Waals surface area contributed by atoms with Gasteiger partial charge in [0.15, 0.2) is 0 Å². The summed E-state index contributed by atoms with van der Waals surface area (Å²) in [4.78, 5) is 34.1. The van der Waals surface area contributed by atoms with Crippen molar-refractivity contribution in [3.05, 3.63) is 12.2 Å². The van der Waals surface area contributed by atoms with Crippen LogP contribution in [-0.2, 0) is 27.9 Å². The van der Waals surface area contributed by atoms with Crippen LogP contribution in [0.2, 0.25) is 0 Å². The number of allylic oxidation sites excluding steroid dienone is 2. The van der Waals surface area contributed by atoms with E-state index < -0.39 is 26.5 Å². The number of aliphatic hydroxyl groups is 1. The number of hydrogen-bond donors (Lipinski definition) is 3. The van der Waals surface area contributed by atoms with Gasteiger partial charge < -0.3 is 20.1 Å². The molecule has 0 bridgehead atoms. The number of unbranched alkanes of at least 4 members (excludes halogenated alkanes) is 39. The van der Waals surface area contributed by atoms with Gasteiger partial charge >= 0.3 is 13.8 Å². The van der Waals surface area contributed by atoms with E-state index in [9.17, 15) is 24.2 Å². The summed E-state index contributed by atoms with van der Waals surface area (Å²) in [5.41, 5.74) is 0. The molecule has 10 heteroatoms. The predicted octanol–water partition coefficient (Wildman–Crippen LogP) is 16.9. The first-order valence-corrected chi connectivity index (χ1v) is 29.7. The highest BCUT2D eigenvalue weighted by Crippen LogP contribution is 2.42. The average Bonchev–Trinajstić information content (AvgIpc) is 3.29.